The average molecular weight is 250 g/mol. The molecular formula is C16H26S. The second-order valence-corrected chi connectivity index (χ2v) is 5.61. The predicted octanol–water partition coefficient (Wildman–Crippen LogP) is 5.28. The van der Waals surface area contributed by atoms with Gasteiger partial charge in [-0.15, -0.1) is 0 Å². The quantitative estimate of drug-likeness (QED) is 0.447. The van der Waals surface area contributed by atoms with E-state index in [0.29, 0.717) is 5.25 Å². The van der Waals surface area contributed by atoms with E-state index >= 15 is 0 Å². The molecule has 1 atom stereocenters. The van der Waals surface area contributed by atoms with Crippen molar-refractivity contribution in [3.8, 4) is 0 Å². The van der Waals surface area contributed by atoms with E-state index in [-0.39, 0.29) is 0 Å². The molecule has 0 saturated heterocycles. The van der Waals surface area contributed by atoms with Gasteiger partial charge in [0.2, 0.25) is 0 Å². The first kappa shape index (κ1) is 14.6. The Balaban J connectivity index is 1.97. The van der Waals surface area contributed by atoms with Gasteiger partial charge >= 0.3 is 0 Å². The molecule has 0 nitrogen and oxygen atoms in total. The Morgan fingerprint density at radius 3 is 2.35 bits per heavy atom. The molecule has 0 aromatic heterocycles. The number of unbranched alkanes of at least 4 members (excludes halogenated alkanes) is 3. The Morgan fingerprint density at radius 2 is 1.65 bits per heavy atom. The summed E-state index contributed by atoms with van der Waals surface area (Å²) < 4.78 is 0. The molecule has 0 saturated carbocycles. The highest BCUT2D eigenvalue weighted by molar-refractivity contribution is 7.80. The third kappa shape index (κ3) is 7.49. The minimum atomic E-state index is 0.631. The Morgan fingerprint density at radius 1 is 0.941 bits per heavy atom. The molecule has 1 unspecified atom stereocenters. The lowest BCUT2D eigenvalue weighted by atomic mass is 10.0. The molecule has 17 heavy (non-hydrogen) atoms. The zero-order valence-corrected chi connectivity index (χ0v) is 12.0. The standard InChI is InChI=1S/C16H26S/c1-2-3-13-16(17)14-9-5-8-12-15-10-6-4-7-11-15/h4,6-7,10-11,16-17H,2-3,5,8-9,12-14H2,1H3. The molecule has 0 radical (unpaired) electrons. The van der Waals surface area contributed by atoms with Crippen molar-refractivity contribution in [2.45, 2.75) is 63.5 Å². The van der Waals surface area contributed by atoms with Crippen LogP contribution in [0.4, 0.5) is 0 Å². The maximum atomic E-state index is 4.64. The van der Waals surface area contributed by atoms with Crippen molar-refractivity contribution in [3.05, 3.63) is 35.9 Å². The lowest BCUT2D eigenvalue weighted by Gasteiger charge is -2.09. The molecule has 0 heterocycles. The van der Waals surface area contributed by atoms with Crippen LogP contribution in [0.2, 0.25) is 0 Å². The second-order valence-electron chi connectivity index (χ2n) is 4.88. The van der Waals surface area contributed by atoms with Gasteiger partial charge in [-0.1, -0.05) is 62.9 Å². The summed E-state index contributed by atoms with van der Waals surface area (Å²) in [6.45, 7) is 2.25. The highest BCUT2D eigenvalue weighted by atomic mass is 32.1. The van der Waals surface area contributed by atoms with E-state index in [1.54, 1.807) is 0 Å². The molecule has 96 valence electrons. The van der Waals surface area contributed by atoms with Crippen LogP contribution in [0, 0.1) is 0 Å². The number of aryl methyl sites for hydroxylation is 1. The molecule has 1 aromatic rings. The molecule has 0 amide bonds. The molecule has 0 aliphatic carbocycles. The van der Waals surface area contributed by atoms with Crippen molar-refractivity contribution >= 4 is 12.6 Å². The third-order valence-corrected chi connectivity index (χ3v) is 3.75. The van der Waals surface area contributed by atoms with Crippen LogP contribution in [0.3, 0.4) is 0 Å². The van der Waals surface area contributed by atoms with Crippen molar-refractivity contribution in [3.63, 3.8) is 0 Å². The van der Waals surface area contributed by atoms with Gasteiger partial charge in [-0.05, 0) is 31.2 Å². The van der Waals surface area contributed by atoms with Crippen LogP contribution in [0.5, 0.6) is 0 Å². The molecule has 1 rings (SSSR count). The molecule has 1 heteroatoms. The molecule has 0 fully saturated rings. The van der Waals surface area contributed by atoms with Crippen LogP contribution in [-0.2, 0) is 6.42 Å². The van der Waals surface area contributed by atoms with Gasteiger partial charge in [-0.25, -0.2) is 0 Å². The van der Waals surface area contributed by atoms with E-state index in [1.807, 2.05) is 0 Å². The Kier molecular flexibility index (Phi) is 8.25. The molecule has 0 aliphatic rings. The van der Waals surface area contributed by atoms with E-state index < -0.39 is 0 Å². The van der Waals surface area contributed by atoms with E-state index in [4.69, 9.17) is 0 Å². The molecule has 0 N–H and O–H groups in total. The van der Waals surface area contributed by atoms with Gasteiger partial charge in [-0.2, -0.15) is 12.6 Å². The van der Waals surface area contributed by atoms with E-state index in [1.165, 1.54) is 56.9 Å². The fourth-order valence-electron chi connectivity index (χ4n) is 2.11. The molecule has 1 aromatic carbocycles. The maximum absolute atomic E-state index is 4.64. The van der Waals surface area contributed by atoms with Crippen LogP contribution in [-0.4, -0.2) is 5.25 Å². The van der Waals surface area contributed by atoms with Gasteiger partial charge in [0, 0.05) is 5.25 Å². The topological polar surface area (TPSA) is 0 Å². The lowest BCUT2D eigenvalue weighted by Crippen LogP contribution is -1.98. The molecular weight excluding hydrogens is 224 g/mol. The monoisotopic (exact) mass is 250 g/mol. The first-order chi connectivity index (χ1) is 8.33. The van der Waals surface area contributed by atoms with Crippen molar-refractivity contribution in [1.29, 1.82) is 0 Å². The SMILES string of the molecule is CCCCC(S)CCCCCc1ccccc1. The summed E-state index contributed by atoms with van der Waals surface area (Å²) in [5.41, 5.74) is 1.47. The molecule has 0 bridgehead atoms. The zero-order chi connectivity index (χ0) is 12.3. The van der Waals surface area contributed by atoms with Crippen LogP contribution >= 0.6 is 12.6 Å². The summed E-state index contributed by atoms with van der Waals surface area (Å²) >= 11 is 4.64. The Labute approximate surface area is 112 Å². The largest absolute Gasteiger partial charge is 0.176 e. The fourth-order valence-corrected chi connectivity index (χ4v) is 2.48. The summed E-state index contributed by atoms with van der Waals surface area (Å²) in [6, 6.07) is 10.8. The number of rotatable bonds is 9. The van der Waals surface area contributed by atoms with Crippen LogP contribution < -0.4 is 0 Å². The summed E-state index contributed by atoms with van der Waals surface area (Å²) in [5, 5.41) is 0.631. The van der Waals surface area contributed by atoms with E-state index in [9.17, 15) is 0 Å². The summed E-state index contributed by atoms with van der Waals surface area (Å²) in [6.07, 6.45) is 10.4. The van der Waals surface area contributed by atoms with Crippen molar-refractivity contribution in [2.24, 2.45) is 0 Å². The van der Waals surface area contributed by atoms with Gasteiger partial charge in [-0.3, -0.25) is 0 Å². The first-order valence-corrected chi connectivity index (χ1v) is 7.56. The van der Waals surface area contributed by atoms with Gasteiger partial charge in [0.1, 0.15) is 0 Å². The zero-order valence-electron chi connectivity index (χ0n) is 11.1. The van der Waals surface area contributed by atoms with Crippen LogP contribution in [0.15, 0.2) is 30.3 Å². The van der Waals surface area contributed by atoms with E-state index in [0.717, 1.165) is 0 Å². The van der Waals surface area contributed by atoms with Gasteiger partial charge in [0.25, 0.3) is 0 Å². The summed E-state index contributed by atoms with van der Waals surface area (Å²) in [7, 11) is 0. The van der Waals surface area contributed by atoms with Gasteiger partial charge in [0.15, 0.2) is 0 Å². The third-order valence-electron chi connectivity index (χ3n) is 3.24. The highest BCUT2D eigenvalue weighted by Gasteiger charge is 2.01. The predicted molar refractivity (Wildman–Crippen MR) is 80.9 cm³/mol. The Bertz CT molecular complexity index is 268. The van der Waals surface area contributed by atoms with Crippen molar-refractivity contribution in [1.82, 2.24) is 0 Å². The van der Waals surface area contributed by atoms with E-state index in [2.05, 4.69) is 49.9 Å². The summed E-state index contributed by atoms with van der Waals surface area (Å²) in [5.74, 6) is 0. The minimum Gasteiger partial charge on any atom is -0.176 e. The number of hydrogen-bond acceptors (Lipinski definition) is 1. The maximum Gasteiger partial charge on any atom is 0.00168 e. The lowest BCUT2D eigenvalue weighted by molar-refractivity contribution is 0.588. The van der Waals surface area contributed by atoms with Crippen molar-refractivity contribution in [2.75, 3.05) is 0 Å². The smallest absolute Gasteiger partial charge is 0.00168 e. The average Bonchev–Trinajstić information content (AvgIpc) is 2.37. The number of hydrogen-bond donors (Lipinski definition) is 1. The first-order valence-electron chi connectivity index (χ1n) is 7.05. The second kappa shape index (κ2) is 9.58. The number of benzene rings is 1. The van der Waals surface area contributed by atoms with Gasteiger partial charge in [0.05, 0.1) is 0 Å². The van der Waals surface area contributed by atoms with Crippen LogP contribution in [0.25, 0.3) is 0 Å². The van der Waals surface area contributed by atoms with Crippen molar-refractivity contribution < 1.29 is 0 Å². The van der Waals surface area contributed by atoms with Gasteiger partial charge < -0.3 is 0 Å². The Hall–Kier alpha value is -0.430. The summed E-state index contributed by atoms with van der Waals surface area (Å²) in [4.78, 5) is 0. The molecule has 0 spiro atoms. The van der Waals surface area contributed by atoms with Crippen LogP contribution in [0.1, 0.15) is 57.4 Å². The normalized spacial score (nSPS) is 12.6. The number of thiol groups is 1. The molecule has 0 aliphatic heterocycles. The fraction of sp³-hybridized carbons (Fsp3) is 0.625. The minimum absolute atomic E-state index is 0.631. The highest BCUT2D eigenvalue weighted by Crippen LogP contribution is 2.15.